The van der Waals surface area contributed by atoms with Gasteiger partial charge in [0.15, 0.2) is 5.78 Å². The number of rotatable bonds is 12. The summed E-state index contributed by atoms with van der Waals surface area (Å²) in [5.74, 6) is 0.588. The lowest BCUT2D eigenvalue weighted by Crippen LogP contribution is -2.09. The zero-order valence-corrected chi connectivity index (χ0v) is 19.0. The number of phenolic OH excluding ortho intramolecular Hbond substituents is 1. The molecule has 3 rings (SSSR count). The highest BCUT2D eigenvalue weighted by Crippen LogP contribution is 2.20. The minimum Gasteiger partial charge on any atom is -0.508 e. The van der Waals surface area contributed by atoms with Crippen molar-refractivity contribution in [2.45, 2.75) is 45.4 Å². The van der Waals surface area contributed by atoms with Crippen LogP contribution in [0.4, 0.5) is 0 Å². The summed E-state index contributed by atoms with van der Waals surface area (Å²) < 4.78 is 11.2. The van der Waals surface area contributed by atoms with E-state index < -0.39 is 5.97 Å². The third-order valence-electron chi connectivity index (χ3n) is 5.31. The Hall–Kier alpha value is -3.60. The second-order valence-electron chi connectivity index (χ2n) is 7.93. The van der Waals surface area contributed by atoms with E-state index in [9.17, 15) is 14.7 Å². The van der Waals surface area contributed by atoms with Crippen molar-refractivity contribution in [2.24, 2.45) is 0 Å². The van der Waals surface area contributed by atoms with Crippen LogP contribution in [0.3, 0.4) is 0 Å². The molecule has 3 aromatic carbocycles. The Morgan fingerprint density at radius 1 is 0.667 bits per heavy atom. The molecule has 0 saturated carbocycles. The van der Waals surface area contributed by atoms with Crippen molar-refractivity contribution in [2.75, 3.05) is 6.61 Å². The van der Waals surface area contributed by atoms with Crippen molar-refractivity contribution >= 4 is 11.8 Å². The normalized spacial score (nSPS) is 10.6. The van der Waals surface area contributed by atoms with Gasteiger partial charge in [-0.2, -0.15) is 0 Å². The first-order valence-corrected chi connectivity index (χ1v) is 11.5. The molecule has 0 atom stereocenters. The molecule has 5 heteroatoms. The van der Waals surface area contributed by atoms with Gasteiger partial charge in [-0.3, -0.25) is 4.79 Å². The van der Waals surface area contributed by atoms with Gasteiger partial charge in [0.1, 0.15) is 17.2 Å². The molecule has 0 aliphatic carbocycles. The van der Waals surface area contributed by atoms with E-state index >= 15 is 0 Å². The van der Waals surface area contributed by atoms with E-state index in [4.69, 9.17) is 9.47 Å². The van der Waals surface area contributed by atoms with Gasteiger partial charge < -0.3 is 14.6 Å². The first-order valence-electron chi connectivity index (χ1n) is 11.5. The fraction of sp³-hybridized carbons (Fsp3) is 0.286. The maximum atomic E-state index is 12.5. The Morgan fingerprint density at radius 3 is 1.82 bits per heavy atom. The lowest BCUT2D eigenvalue weighted by molar-refractivity contribution is 0.0734. The Kier molecular flexibility index (Phi) is 9.07. The molecule has 1 N–H and O–H groups in total. The Morgan fingerprint density at radius 2 is 1.18 bits per heavy atom. The molecule has 0 spiro atoms. The van der Waals surface area contributed by atoms with Crippen LogP contribution in [0.15, 0.2) is 72.8 Å². The number of hydrogen-bond acceptors (Lipinski definition) is 5. The van der Waals surface area contributed by atoms with E-state index in [2.05, 4.69) is 6.92 Å². The summed E-state index contributed by atoms with van der Waals surface area (Å²) in [6.07, 6.45) is 7.29. The zero-order valence-electron chi connectivity index (χ0n) is 19.0. The average Bonchev–Trinajstić information content (AvgIpc) is 2.84. The monoisotopic (exact) mass is 446 g/mol. The topological polar surface area (TPSA) is 72.8 Å². The molecular formula is C28H30O5. The number of hydrogen-bond donors (Lipinski definition) is 1. The predicted molar refractivity (Wildman–Crippen MR) is 128 cm³/mol. The van der Waals surface area contributed by atoms with E-state index in [-0.39, 0.29) is 11.5 Å². The Balaban J connectivity index is 1.47. The van der Waals surface area contributed by atoms with Crippen LogP contribution in [0.25, 0.3) is 0 Å². The van der Waals surface area contributed by atoms with Crippen LogP contribution < -0.4 is 9.47 Å². The second-order valence-corrected chi connectivity index (χ2v) is 7.93. The molecule has 0 unspecified atom stereocenters. The molecule has 0 fully saturated rings. The molecule has 33 heavy (non-hydrogen) atoms. The summed E-state index contributed by atoms with van der Waals surface area (Å²) in [6, 6.07) is 19.3. The molecule has 3 aromatic rings. The van der Waals surface area contributed by atoms with E-state index in [1.54, 1.807) is 60.7 Å². The number of ether oxygens (including phenoxy) is 2. The molecule has 0 aliphatic rings. The summed E-state index contributed by atoms with van der Waals surface area (Å²) in [5, 5.41) is 9.35. The van der Waals surface area contributed by atoms with Gasteiger partial charge in [0.2, 0.25) is 0 Å². The van der Waals surface area contributed by atoms with Crippen LogP contribution in [0.2, 0.25) is 0 Å². The van der Waals surface area contributed by atoms with Crippen molar-refractivity contribution in [3.8, 4) is 17.2 Å². The van der Waals surface area contributed by atoms with Gasteiger partial charge in [0.05, 0.1) is 12.2 Å². The van der Waals surface area contributed by atoms with Crippen LogP contribution in [0.5, 0.6) is 17.2 Å². The highest BCUT2D eigenvalue weighted by Gasteiger charge is 2.12. The van der Waals surface area contributed by atoms with Gasteiger partial charge >= 0.3 is 5.97 Å². The Labute approximate surface area is 195 Å². The van der Waals surface area contributed by atoms with Gasteiger partial charge in [0.25, 0.3) is 0 Å². The average molecular weight is 447 g/mol. The second kappa shape index (κ2) is 12.4. The van der Waals surface area contributed by atoms with Crippen LogP contribution in [0.1, 0.15) is 71.7 Å². The number of carbonyl (C=O) groups is 2. The number of carbonyl (C=O) groups excluding carboxylic acids is 2. The number of benzene rings is 3. The minimum atomic E-state index is -0.501. The molecule has 172 valence electrons. The molecule has 0 aliphatic heterocycles. The number of unbranched alkanes of at least 4 members (excludes halogenated alkanes) is 5. The van der Waals surface area contributed by atoms with Crippen molar-refractivity contribution in [3.63, 3.8) is 0 Å². The van der Waals surface area contributed by atoms with Crippen molar-refractivity contribution < 1.29 is 24.2 Å². The molecular weight excluding hydrogens is 416 g/mol. The maximum absolute atomic E-state index is 12.5. The molecule has 0 aromatic heterocycles. The van der Waals surface area contributed by atoms with Gasteiger partial charge in [-0.25, -0.2) is 4.79 Å². The first kappa shape index (κ1) is 24.1. The van der Waals surface area contributed by atoms with Crippen LogP contribution in [0, 0.1) is 0 Å². The third kappa shape index (κ3) is 7.49. The SMILES string of the molecule is CCCCCCCCOc1ccc(OC(=O)c2ccc(C(=O)c3ccc(O)cc3)cc2)cc1. The number of aromatic hydroxyl groups is 1. The fourth-order valence-electron chi connectivity index (χ4n) is 3.38. The van der Waals surface area contributed by atoms with Gasteiger partial charge in [-0.15, -0.1) is 0 Å². The molecule has 0 heterocycles. The van der Waals surface area contributed by atoms with Crippen LogP contribution >= 0.6 is 0 Å². The largest absolute Gasteiger partial charge is 0.508 e. The Bertz CT molecular complexity index is 1020. The lowest BCUT2D eigenvalue weighted by atomic mass is 10.0. The van der Waals surface area contributed by atoms with Gasteiger partial charge in [0, 0.05) is 11.1 Å². The van der Waals surface area contributed by atoms with Gasteiger partial charge in [-0.1, -0.05) is 51.2 Å². The van der Waals surface area contributed by atoms with Crippen molar-refractivity contribution in [1.29, 1.82) is 0 Å². The maximum Gasteiger partial charge on any atom is 0.343 e. The highest BCUT2D eigenvalue weighted by atomic mass is 16.5. The zero-order chi connectivity index (χ0) is 23.5. The molecule has 0 bridgehead atoms. The number of phenols is 1. The van der Waals surface area contributed by atoms with Crippen LogP contribution in [-0.4, -0.2) is 23.5 Å². The van der Waals surface area contributed by atoms with Crippen molar-refractivity contribution in [3.05, 3.63) is 89.5 Å². The molecule has 5 nitrogen and oxygen atoms in total. The minimum absolute atomic E-state index is 0.0991. The van der Waals surface area contributed by atoms with Crippen molar-refractivity contribution in [1.82, 2.24) is 0 Å². The third-order valence-corrected chi connectivity index (χ3v) is 5.31. The highest BCUT2D eigenvalue weighted by molar-refractivity contribution is 6.09. The quantitative estimate of drug-likeness (QED) is 0.147. The molecule has 0 radical (unpaired) electrons. The number of ketones is 1. The first-order chi connectivity index (χ1) is 16.1. The smallest absolute Gasteiger partial charge is 0.343 e. The summed E-state index contributed by atoms with van der Waals surface area (Å²) in [6.45, 7) is 2.89. The van der Waals surface area contributed by atoms with E-state index in [0.29, 0.717) is 29.0 Å². The van der Waals surface area contributed by atoms with Gasteiger partial charge in [-0.05, 0) is 67.1 Å². The fourth-order valence-corrected chi connectivity index (χ4v) is 3.38. The summed E-state index contributed by atoms with van der Waals surface area (Å²) in [5.41, 5.74) is 1.26. The number of esters is 1. The summed E-state index contributed by atoms with van der Waals surface area (Å²) in [4.78, 5) is 24.9. The molecule has 0 amide bonds. The predicted octanol–water partition coefficient (Wildman–Crippen LogP) is 6.58. The standard InChI is InChI=1S/C28H30O5/c1-2-3-4-5-6-7-20-32-25-16-18-26(19-17-25)33-28(31)23-10-8-21(9-11-23)27(30)22-12-14-24(29)15-13-22/h8-19,29H,2-7,20H2,1H3. The lowest BCUT2D eigenvalue weighted by Gasteiger charge is -2.08. The summed E-state index contributed by atoms with van der Waals surface area (Å²) >= 11 is 0. The van der Waals surface area contributed by atoms with E-state index in [1.807, 2.05) is 0 Å². The van der Waals surface area contributed by atoms with E-state index in [0.717, 1.165) is 12.2 Å². The van der Waals surface area contributed by atoms with Crippen LogP contribution in [-0.2, 0) is 0 Å². The molecule has 0 saturated heterocycles. The van der Waals surface area contributed by atoms with E-state index in [1.165, 1.54) is 44.2 Å². The summed E-state index contributed by atoms with van der Waals surface area (Å²) in [7, 11) is 0.